The number of aromatic nitrogens is 2. The molecule has 0 unspecified atom stereocenters. The number of hydrogen-bond donors (Lipinski definition) is 1. The van der Waals surface area contributed by atoms with E-state index in [-0.39, 0.29) is 24.0 Å². The van der Waals surface area contributed by atoms with Crippen LogP contribution in [0, 0.1) is 13.8 Å². The molecule has 1 saturated heterocycles. The molecule has 7 nitrogen and oxygen atoms in total. The van der Waals surface area contributed by atoms with E-state index in [1.165, 1.54) is 4.88 Å². The normalized spacial score (nSPS) is 16.0. The Morgan fingerprint density at radius 2 is 2.08 bits per heavy atom. The van der Waals surface area contributed by atoms with Crippen molar-refractivity contribution in [2.45, 2.75) is 26.9 Å². The van der Waals surface area contributed by atoms with Crippen LogP contribution in [0.5, 0.6) is 0 Å². The van der Waals surface area contributed by atoms with Crippen LogP contribution in [0.3, 0.4) is 0 Å². The highest BCUT2D eigenvalue weighted by Gasteiger charge is 2.20. The summed E-state index contributed by atoms with van der Waals surface area (Å²) in [6.45, 7) is 9.63. The van der Waals surface area contributed by atoms with Crippen molar-refractivity contribution in [1.29, 1.82) is 0 Å². The minimum absolute atomic E-state index is 0. The van der Waals surface area contributed by atoms with Gasteiger partial charge in [0.05, 0.1) is 22.9 Å². The molecule has 1 aliphatic rings. The number of aryl methyl sites for hydroxylation is 2. The maximum atomic E-state index is 4.90. The van der Waals surface area contributed by atoms with Gasteiger partial charge in [-0.2, -0.15) is 0 Å². The van der Waals surface area contributed by atoms with Gasteiger partial charge in [0.1, 0.15) is 6.26 Å². The summed E-state index contributed by atoms with van der Waals surface area (Å²) in [5, 5.41) is 8.57. The lowest BCUT2D eigenvalue weighted by Crippen LogP contribution is -2.52. The number of rotatable bonds is 4. The van der Waals surface area contributed by atoms with Crippen LogP contribution >= 0.6 is 35.3 Å². The number of guanidine groups is 1. The summed E-state index contributed by atoms with van der Waals surface area (Å²) in [6, 6.07) is 1.92. The summed E-state index contributed by atoms with van der Waals surface area (Å²) in [4.78, 5) is 14.9. The fourth-order valence-electron chi connectivity index (χ4n) is 2.90. The topological polar surface area (TPSA) is 69.8 Å². The second-order valence-corrected chi connectivity index (χ2v) is 7.18. The standard InChI is InChI=1S/C16H24N6OS.HI/c1-12-15(24-13(2)19-12)10-18-16(17-3)22-7-5-21(6-8-22)11-14-4-9-23-20-14;/h4,9H,5-8,10-11H2,1-3H3,(H,17,18);1H. The molecule has 0 saturated carbocycles. The quantitative estimate of drug-likeness (QED) is 0.415. The van der Waals surface area contributed by atoms with E-state index in [2.05, 4.69) is 37.2 Å². The van der Waals surface area contributed by atoms with Gasteiger partial charge in [-0.25, -0.2) is 4.98 Å². The van der Waals surface area contributed by atoms with Gasteiger partial charge in [0.25, 0.3) is 0 Å². The molecule has 0 aromatic carbocycles. The average molecular weight is 476 g/mol. The van der Waals surface area contributed by atoms with E-state index in [9.17, 15) is 0 Å². The van der Waals surface area contributed by atoms with Gasteiger partial charge in [0, 0.05) is 50.7 Å². The zero-order valence-electron chi connectivity index (χ0n) is 14.9. The zero-order chi connectivity index (χ0) is 16.9. The molecule has 2 aromatic heterocycles. The van der Waals surface area contributed by atoms with Crippen molar-refractivity contribution in [3.8, 4) is 0 Å². The van der Waals surface area contributed by atoms with Crippen LogP contribution in [-0.2, 0) is 13.1 Å². The molecule has 0 aliphatic carbocycles. The average Bonchev–Trinajstić information content (AvgIpc) is 3.19. The fraction of sp³-hybridized carbons (Fsp3) is 0.562. The highest BCUT2D eigenvalue weighted by molar-refractivity contribution is 14.0. The number of hydrogen-bond acceptors (Lipinski definition) is 6. The fourth-order valence-corrected chi connectivity index (χ4v) is 3.77. The monoisotopic (exact) mass is 476 g/mol. The second kappa shape index (κ2) is 9.48. The third-order valence-electron chi connectivity index (χ3n) is 4.17. The summed E-state index contributed by atoms with van der Waals surface area (Å²) < 4.78 is 4.90. The molecule has 3 heterocycles. The minimum atomic E-state index is 0. The largest absolute Gasteiger partial charge is 0.364 e. The molecular weight excluding hydrogens is 451 g/mol. The SMILES string of the molecule is CN=C(NCc1sc(C)nc1C)N1CCN(Cc2ccon2)CC1.I. The zero-order valence-corrected chi connectivity index (χ0v) is 18.0. The van der Waals surface area contributed by atoms with Gasteiger partial charge >= 0.3 is 0 Å². The number of thiazole rings is 1. The summed E-state index contributed by atoms with van der Waals surface area (Å²) in [5.41, 5.74) is 2.10. The van der Waals surface area contributed by atoms with Crippen molar-refractivity contribution in [2.75, 3.05) is 33.2 Å². The lowest BCUT2D eigenvalue weighted by atomic mass is 10.3. The predicted molar refractivity (Wildman–Crippen MR) is 111 cm³/mol. The molecule has 1 aliphatic heterocycles. The summed E-state index contributed by atoms with van der Waals surface area (Å²) in [5.74, 6) is 0.960. The van der Waals surface area contributed by atoms with Gasteiger partial charge in [0.2, 0.25) is 0 Å². The third-order valence-corrected chi connectivity index (χ3v) is 5.24. The van der Waals surface area contributed by atoms with Gasteiger partial charge in [-0.3, -0.25) is 9.89 Å². The first-order valence-electron chi connectivity index (χ1n) is 8.16. The Morgan fingerprint density at radius 3 is 2.64 bits per heavy atom. The number of nitrogens with zero attached hydrogens (tertiary/aromatic N) is 5. The molecule has 1 fully saturated rings. The highest BCUT2D eigenvalue weighted by atomic mass is 127. The number of nitrogens with one attached hydrogen (secondary N) is 1. The Hall–Kier alpha value is -1.20. The Bertz CT molecular complexity index is 679. The molecule has 0 bridgehead atoms. The Labute approximate surface area is 169 Å². The van der Waals surface area contributed by atoms with Crippen molar-refractivity contribution < 1.29 is 4.52 Å². The van der Waals surface area contributed by atoms with Crippen LogP contribution in [0.2, 0.25) is 0 Å². The number of piperazine rings is 1. The van der Waals surface area contributed by atoms with E-state index in [1.54, 1.807) is 17.6 Å². The van der Waals surface area contributed by atoms with E-state index < -0.39 is 0 Å². The maximum absolute atomic E-state index is 4.90. The lowest BCUT2D eigenvalue weighted by Gasteiger charge is -2.36. The highest BCUT2D eigenvalue weighted by Crippen LogP contribution is 2.16. The predicted octanol–water partition coefficient (Wildman–Crippen LogP) is 2.26. The van der Waals surface area contributed by atoms with Crippen LogP contribution in [0.25, 0.3) is 0 Å². The molecule has 3 rings (SSSR count). The van der Waals surface area contributed by atoms with Crippen LogP contribution in [0.1, 0.15) is 21.3 Å². The Balaban J connectivity index is 0.00000225. The summed E-state index contributed by atoms with van der Waals surface area (Å²) >= 11 is 1.74. The van der Waals surface area contributed by atoms with Crippen molar-refractivity contribution in [2.24, 2.45) is 4.99 Å². The molecule has 2 aromatic rings. The molecule has 9 heteroatoms. The van der Waals surface area contributed by atoms with Crippen LogP contribution in [0.4, 0.5) is 0 Å². The van der Waals surface area contributed by atoms with Crippen LogP contribution in [0.15, 0.2) is 21.8 Å². The van der Waals surface area contributed by atoms with Gasteiger partial charge < -0.3 is 14.7 Å². The van der Waals surface area contributed by atoms with E-state index in [0.717, 1.165) is 61.6 Å². The van der Waals surface area contributed by atoms with Gasteiger partial charge in [-0.1, -0.05) is 5.16 Å². The Morgan fingerprint density at radius 1 is 1.32 bits per heavy atom. The van der Waals surface area contributed by atoms with Crippen LogP contribution < -0.4 is 5.32 Å². The van der Waals surface area contributed by atoms with E-state index in [4.69, 9.17) is 4.52 Å². The van der Waals surface area contributed by atoms with E-state index in [0.29, 0.717) is 0 Å². The number of aliphatic imine (C=N–C) groups is 1. The van der Waals surface area contributed by atoms with Gasteiger partial charge in [0.15, 0.2) is 5.96 Å². The number of halogens is 1. The first kappa shape index (κ1) is 20.1. The molecular formula is C16H25IN6OS. The molecule has 0 atom stereocenters. The molecule has 1 N–H and O–H groups in total. The van der Waals surface area contributed by atoms with E-state index in [1.807, 2.05) is 20.0 Å². The summed E-state index contributed by atoms with van der Waals surface area (Å²) in [7, 11) is 1.84. The first-order chi connectivity index (χ1) is 11.7. The van der Waals surface area contributed by atoms with Crippen LogP contribution in [-0.4, -0.2) is 59.1 Å². The van der Waals surface area contributed by atoms with E-state index >= 15 is 0 Å². The molecule has 138 valence electrons. The molecule has 0 amide bonds. The maximum Gasteiger partial charge on any atom is 0.194 e. The summed E-state index contributed by atoms with van der Waals surface area (Å²) in [6.07, 6.45) is 1.63. The lowest BCUT2D eigenvalue weighted by molar-refractivity contribution is 0.169. The first-order valence-corrected chi connectivity index (χ1v) is 8.97. The minimum Gasteiger partial charge on any atom is -0.364 e. The van der Waals surface area contributed by atoms with Gasteiger partial charge in [-0.15, -0.1) is 35.3 Å². The van der Waals surface area contributed by atoms with Crippen molar-refractivity contribution in [3.05, 3.63) is 33.6 Å². The second-order valence-electron chi connectivity index (χ2n) is 5.90. The molecule has 25 heavy (non-hydrogen) atoms. The van der Waals surface area contributed by atoms with Gasteiger partial charge in [-0.05, 0) is 13.8 Å². The van der Waals surface area contributed by atoms with Crippen molar-refractivity contribution in [1.82, 2.24) is 25.3 Å². The smallest absolute Gasteiger partial charge is 0.194 e. The molecule has 0 spiro atoms. The Kier molecular flexibility index (Phi) is 7.63. The van der Waals surface area contributed by atoms with Crippen molar-refractivity contribution >= 4 is 41.3 Å². The molecule has 0 radical (unpaired) electrons. The van der Waals surface area contributed by atoms with Crippen molar-refractivity contribution in [3.63, 3.8) is 0 Å². The third kappa shape index (κ3) is 5.38.